The maximum atomic E-state index is 11.7. The van der Waals surface area contributed by atoms with Gasteiger partial charge in [-0.2, -0.15) is 0 Å². The van der Waals surface area contributed by atoms with Crippen LogP contribution < -0.4 is 16.8 Å². The lowest BCUT2D eigenvalue weighted by molar-refractivity contribution is -0.116. The van der Waals surface area contributed by atoms with Gasteiger partial charge in [0.05, 0.1) is 13.7 Å². The van der Waals surface area contributed by atoms with Gasteiger partial charge < -0.3 is 21.5 Å². The summed E-state index contributed by atoms with van der Waals surface area (Å²) >= 11 is 0. The van der Waals surface area contributed by atoms with Gasteiger partial charge in [-0.05, 0) is 31.0 Å². The van der Waals surface area contributed by atoms with Crippen LogP contribution in [0.4, 0.5) is 5.82 Å². The molecule has 0 saturated heterocycles. The average molecular weight is 290 g/mol. The third-order valence-corrected chi connectivity index (χ3v) is 2.48. The number of carbonyl (C=O) groups is 2. The molecule has 0 bridgehead atoms. The lowest BCUT2D eigenvalue weighted by Gasteiger charge is -2.09. The van der Waals surface area contributed by atoms with Crippen molar-refractivity contribution < 1.29 is 14.3 Å². The average Bonchev–Trinajstić information content (AvgIpc) is 2.50. The third kappa shape index (κ3) is 5.22. The van der Waals surface area contributed by atoms with Crippen molar-refractivity contribution in [2.24, 2.45) is 11.5 Å². The molecule has 0 aliphatic rings. The van der Waals surface area contributed by atoms with Gasteiger partial charge in [0, 0.05) is 6.42 Å². The van der Waals surface area contributed by atoms with E-state index in [1.807, 2.05) is 0 Å². The predicted molar refractivity (Wildman–Crippen MR) is 78.4 cm³/mol. The summed E-state index contributed by atoms with van der Waals surface area (Å²) in [4.78, 5) is 27.5. The van der Waals surface area contributed by atoms with E-state index < -0.39 is 5.97 Å². The molecule has 7 nitrogen and oxygen atoms in total. The number of nitrogens with zero attached hydrogens (tertiary/aromatic N) is 1. The van der Waals surface area contributed by atoms with E-state index in [9.17, 15) is 9.59 Å². The van der Waals surface area contributed by atoms with Crippen LogP contribution in [-0.2, 0) is 9.53 Å². The number of hydrogen-bond acceptors (Lipinski definition) is 6. The van der Waals surface area contributed by atoms with E-state index in [2.05, 4.69) is 26.9 Å². The highest BCUT2D eigenvalue weighted by Gasteiger charge is 2.15. The first-order chi connectivity index (χ1) is 10.1. The molecular formula is C14H18N4O3. The third-order valence-electron chi connectivity index (χ3n) is 2.48. The van der Waals surface area contributed by atoms with Crippen molar-refractivity contribution in [2.45, 2.75) is 12.8 Å². The van der Waals surface area contributed by atoms with Crippen LogP contribution in [0.1, 0.15) is 28.9 Å². The Labute approximate surface area is 123 Å². The summed E-state index contributed by atoms with van der Waals surface area (Å²) in [6, 6.07) is 3.06. The number of anilines is 1. The summed E-state index contributed by atoms with van der Waals surface area (Å²) in [6.45, 7) is 0.603. The molecule has 0 fully saturated rings. The first kappa shape index (κ1) is 16.6. The van der Waals surface area contributed by atoms with Gasteiger partial charge >= 0.3 is 5.97 Å². The standard InChI is InChI=1S/C14H18N4O3/c1-21-14(20)11-7-6-10(4-2-8-15)17-13(11)18-12(19)5-3-9-16/h6-7H,3,5,8-9,15-16H2,1H3,(H,17,18,19). The topological polar surface area (TPSA) is 120 Å². The molecule has 0 unspecified atom stereocenters. The number of esters is 1. The molecule has 1 aromatic rings. The van der Waals surface area contributed by atoms with E-state index >= 15 is 0 Å². The number of nitrogens with one attached hydrogen (secondary N) is 1. The molecule has 1 amide bonds. The summed E-state index contributed by atoms with van der Waals surface area (Å²) < 4.78 is 4.65. The number of pyridine rings is 1. The van der Waals surface area contributed by atoms with Crippen LogP contribution in [0.5, 0.6) is 0 Å². The van der Waals surface area contributed by atoms with Crippen molar-refractivity contribution in [3.05, 3.63) is 23.4 Å². The fourth-order valence-corrected chi connectivity index (χ4v) is 1.50. The molecule has 0 spiro atoms. The van der Waals surface area contributed by atoms with Crippen LogP contribution in [0.2, 0.25) is 0 Å². The van der Waals surface area contributed by atoms with Gasteiger partial charge in [-0.15, -0.1) is 0 Å². The zero-order chi connectivity index (χ0) is 15.7. The molecule has 0 aliphatic carbocycles. The Morgan fingerprint density at radius 1 is 1.38 bits per heavy atom. The molecule has 7 heteroatoms. The van der Waals surface area contributed by atoms with Crippen LogP contribution in [0.15, 0.2) is 12.1 Å². The van der Waals surface area contributed by atoms with Crippen LogP contribution in [0, 0.1) is 11.8 Å². The van der Waals surface area contributed by atoms with Gasteiger partial charge in [-0.1, -0.05) is 5.92 Å². The van der Waals surface area contributed by atoms with Gasteiger partial charge in [-0.25, -0.2) is 9.78 Å². The fourth-order valence-electron chi connectivity index (χ4n) is 1.50. The summed E-state index contributed by atoms with van der Waals surface area (Å²) in [7, 11) is 1.25. The van der Waals surface area contributed by atoms with Crippen molar-refractivity contribution in [1.29, 1.82) is 0 Å². The highest BCUT2D eigenvalue weighted by molar-refractivity contribution is 6.00. The smallest absolute Gasteiger partial charge is 0.341 e. The molecule has 1 rings (SSSR count). The number of methoxy groups -OCH3 is 1. The first-order valence-corrected chi connectivity index (χ1v) is 6.40. The SMILES string of the molecule is COC(=O)c1ccc(C#CCN)nc1NC(=O)CCCN. The maximum absolute atomic E-state index is 11.7. The molecule has 5 N–H and O–H groups in total. The zero-order valence-electron chi connectivity index (χ0n) is 11.8. The number of hydrogen-bond donors (Lipinski definition) is 3. The summed E-state index contributed by atoms with van der Waals surface area (Å²) in [5.74, 6) is 4.64. The van der Waals surface area contributed by atoms with Gasteiger partial charge in [0.15, 0.2) is 0 Å². The molecule has 21 heavy (non-hydrogen) atoms. The highest BCUT2D eigenvalue weighted by atomic mass is 16.5. The number of rotatable bonds is 5. The second-order valence-electron chi connectivity index (χ2n) is 4.03. The maximum Gasteiger partial charge on any atom is 0.341 e. The van der Waals surface area contributed by atoms with Crippen molar-refractivity contribution in [1.82, 2.24) is 4.98 Å². The minimum absolute atomic E-state index is 0.118. The van der Waals surface area contributed by atoms with E-state index in [1.165, 1.54) is 13.2 Å². The van der Waals surface area contributed by atoms with Gasteiger partial charge in [0.25, 0.3) is 0 Å². The lowest BCUT2D eigenvalue weighted by atomic mass is 10.2. The van der Waals surface area contributed by atoms with Crippen molar-refractivity contribution >= 4 is 17.7 Å². The van der Waals surface area contributed by atoms with E-state index in [1.54, 1.807) is 6.07 Å². The van der Waals surface area contributed by atoms with Crippen LogP contribution in [-0.4, -0.2) is 37.1 Å². The molecule has 0 aliphatic heterocycles. The molecule has 0 saturated carbocycles. The van der Waals surface area contributed by atoms with Crippen LogP contribution >= 0.6 is 0 Å². The summed E-state index contributed by atoms with van der Waals surface area (Å²) in [5.41, 5.74) is 11.2. The van der Waals surface area contributed by atoms with Crippen LogP contribution in [0.25, 0.3) is 0 Å². The molecular weight excluding hydrogens is 272 g/mol. The molecule has 112 valence electrons. The quantitative estimate of drug-likeness (QED) is 0.512. The largest absolute Gasteiger partial charge is 0.465 e. The summed E-state index contributed by atoms with van der Waals surface area (Å²) in [5, 5.41) is 2.57. The Bertz CT molecular complexity index is 575. The molecule has 1 heterocycles. The minimum atomic E-state index is -0.588. The summed E-state index contributed by atoms with van der Waals surface area (Å²) in [6.07, 6.45) is 0.795. The molecule has 1 aromatic heterocycles. The number of ether oxygens (including phenoxy) is 1. The fraction of sp³-hybridized carbons (Fsp3) is 0.357. The number of amides is 1. The van der Waals surface area contributed by atoms with Crippen molar-refractivity contribution in [3.63, 3.8) is 0 Å². The highest BCUT2D eigenvalue weighted by Crippen LogP contribution is 2.15. The van der Waals surface area contributed by atoms with Crippen molar-refractivity contribution in [3.8, 4) is 11.8 Å². The molecule has 0 radical (unpaired) electrons. The van der Waals surface area contributed by atoms with E-state index in [0.717, 1.165) is 0 Å². The van der Waals surface area contributed by atoms with E-state index in [4.69, 9.17) is 11.5 Å². The number of carbonyl (C=O) groups excluding carboxylic acids is 2. The normalized spacial score (nSPS) is 9.48. The molecule has 0 atom stereocenters. The minimum Gasteiger partial charge on any atom is -0.465 e. The Balaban J connectivity index is 3.04. The molecule has 0 aromatic carbocycles. The second-order valence-corrected chi connectivity index (χ2v) is 4.03. The first-order valence-electron chi connectivity index (χ1n) is 6.40. The lowest BCUT2D eigenvalue weighted by Crippen LogP contribution is -2.18. The Kier molecular flexibility index (Phi) is 6.87. The predicted octanol–water partition coefficient (Wildman–Crippen LogP) is -0.144. The number of aromatic nitrogens is 1. The second kappa shape index (κ2) is 8.68. The van der Waals surface area contributed by atoms with Crippen LogP contribution in [0.3, 0.4) is 0 Å². The van der Waals surface area contributed by atoms with Gasteiger partial charge in [0.2, 0.25) is 5.91 Å². The monoisotopic (exact) mass is 290 g/mol. The van der Waals surface area contributed by atoms with Crippen molar-refractivity contribution in [2.75, 3.05) is 25.5 Å². The van der Waals surface area contributed by atoms with E-state index in [-0.39, 0.29) is 30.3 Å². The van der Waals surface area contributed by atoms with E-state index in [0.29, 0.717) is 18.7 Å². The van der Waals surface area contributed by atoms with Gasteiger partial charge in [0.1, 0.15) is 17.1 Å². The van der Waals surface area contributed by atoms with Gasteiger partial charge in [-0.3, -0.25) is 4.79 Å². The Hall–Kier alpha value is -2.43. The Morgan fingerprint density at radius 2 is 2.14 bits per heavy atom. The number of nitrogens with two attached hydrogens (primary N) is 2. The zero-order valence-corrected chi connectivity index (χ0v) is 11.8. The Morgan fingerprint density at radius 3 is 2.76 bits per heavy atom.